The molecule has 3 aromatic rings. The molecule has 21 heavy (non-hydrogen) atoms. The molecule has 0 saturated heterocycles. The van der Waals surface area contributed by atoms with Gasteiger partial charge in [0.2, 0.25) is 0 Å². The molecular formula is C14H13N3O2S2. The molecule has 3 rings (SSSR count). The fraction of sp³-hybridized carbons (Fsp3) is 0.143. The van der Waals surface area contributed by atoms with Crippen LogP contribution in [0, 0.1) is 6.92 Å². The van der Waals surface area contributed by atoms with Crippen LogP contribution < -0.4 is 0 Å². The van der Waals surface area contributed by atoms with E-state index in [0.717, 1.165) is 15.3 Å². The van der Waals surface area contributed by atoms with Gasteiger partial charge in [0, 0.05) is 4.88 Å². The van der Waals surface area contributed by atoms with Gasteiger partial charge in [-0.25, -0.2) is 13.4 Å². The lowest BCUT2D eigenvalue weighted by atomic mass is 10.2. The first kappa shape index (κ1) is 14.0. The maximum Gasteiger partial charge on any atom is 0.191 e. The Hall–Kier alpha value is -1.99. The first-order chi connectivity index (χ1) is 10.1. The molecule has 0 aliphatic rings. The van der Waals surface area contributed by atoms with E-state index >= 15 is 0 Å². The maximum atomic E-state index is 12.5. The van der Waals surface area contributed by atoms with Gasteiger partial charge in [-0.05, 0) is 30.7 Å². The van der Waals surface area contributed by atoms with Gasteiger partial charge in [0.25, 0.3) is 0 Å². The molecule has 0 unspecified atom stereocenters. The SMILES string of the molecule is Cc1cc(CS(=O)(=O)c2ccccc2)c(-c2nc[nH]n2)s1. The summed E-state index contributed by atoms with van der Waals surface area (Å²) >= 11 is 1.50. The Kier molecular flexibility index (Phi) is 3.60. The number of sulfone groups is 1. The number of benzene rings is 1. The number of aromatic nitrogens is 3. The lowest BCUT2D eigenvalue weighted by molar-refractivity contribution is 0.595. The van der Waals surface area contributed by atoms with E-state index in [4.69, 9.17) is 0 Å². The van der Waals surface area contributed by atoms with Crippen molar-refractivity contribution in [3.05, 3.63) is 53.2 Å². The highest BCUT2D eigenvalue weighted by Crippen LogP contribution is 2.32. The summed E-state index contributed by atoms with van der Waals surface area (Å²) < 4.78 is 25.0. The van der Waals surface area contributed by atoms with E-state index in [1.54, 1.807) is 30.3 Å². The highest BCUT2D eigenvalue weighted by Gasteiger charge is 2.20. The Morgan fingerprint density at radius 3 is 2.67 bits per heavy atom. The van der Waals surface area contributed by atoms with Gasteiger partial charge in [-0.2, -0.15) is 5.10 Å². The number of nitrogens with zero attached hydrogens (tertiary/aromatic N) is 2. The van der Waals surface area contributed by atoms with Crippen LogP contribution in [-0.2, 0) is 15.6 Å². The van der Waals surface area contributed by atoms with E-state index in [9.17, 15) is 8.42 Å². The molecule has 0 atom stereocenters. The summed E-state index contributed by atoms with van der Waals surface area (Å²) in [6, 6.07) is 10.4. The third-order valence-electron chi connectivity index (χ3n) is 3.00. The van der Waals surface area contributed by atoms with Crippen LogP contribution in [0.4, 0.5) is 0 Å². The Balaban J connectivity index is 2.00. The average Bonchev–Trinajstić information content (AvgIpc) is 3.09. The number of nitrogens with one attached hydrogen (secondary N) is 1. The smallest absolute Gasteiger partial charge is 0.191 e. The molecule has 0 fully saturated rings. The fourth-order valence-corrected chi connectivity index (χ4v) is 4.54. The van der Waals surface area contributed by atoms with Crippen LogP contribution in [0.15, 0.2) is 47.6 Å². The molecule has 5 nitrogen and oxygen atoms in total. The molecule has 0 saturated carbocycles. The predicted molar refractivity (Wildman–Crippen MR) is 81.8 cm³/mol. The van der Waals surface area contributed by atoms with Crippen molar-refractivity contribution in [2.45, 2.75) is 17.6 Å². The Bertz CT molecular complexity index is 838. The van der Waals surface area contributed by atoms with E-state index in [0.29, 0.717) is 10.7 Å². The lowest BCUT2D eigenvalue weighted by Gasteiger charge is -2.04. The van der Waals surface area contributed by atoms with Gasteiger partial charge < -0.3 is 0 Å². The van der Waals surface area contributed by atoms with Crippen molar-refractivity contribution in [3.63, 3.8) is 0 Å². The average molecular weight is 319 g/mol. The predicted octanol–water partition coefficient (Wildman–Crippen LogP) is 2.82. The van der Waals surface area contributed by atoms with Crippen LogP contribution in [0.2, 0.25) is 0 Å². The molecule has 0 spiro atoms. The number of aryl methyl sites for hydroxylation is 1. The quantitative estimate of drug-likeness (QED) is 0.802. The summed E-state index contributed by atoms with van der Waals surface area (Å²) in [5, 5.41) is 6.70. The number of hydrogen-bond acceptors (Lipinski definition) is 5. The zero-order chi connectivity index (χ0) is 14.9. The molecule has 1 aromatic carbocycles. The molecule has 1 N–H and O–H groups in total. The standard InChI is InChI=1S/C14H13N3O2S2/c1-10-7-11(13(20-10)14-15-9-16-17-14)8-21(18,19)12-5-3-2-4-6-12/h2-7,9H,8H2,1H3,(H,15,16,17). The van der Waals surface area contributed by atoms with Crippen molar-refractivity contribution in [1.82, 2.24) is 15.2 Å². The van der Waals surface area contributed by atoms with Gasteiger partial charge in [0.1, 0.15) is 6.33 Å². The van der Waals surface area contributed by atoms with Gasteiger partial charge in [-0.15, -0.1) is 11.3 Å². The number of H-pyrrole nitrogens is 1. The summed E-state index contributed by atoms with van der Waals surface area (Å²) in [5.74, 6) is 0.483. The molecule has 2 aromatic heterocycles. The molecule has 7 heteroatoms. The van der Waals surface area contributed by atoms with Gasteiger partial charge in [-0.1, -0.05) is 18.2 Å². The van der Waals surface area contributed by atoms with E-state index in [1.165, 1.54) is 17.7 Å². The van der Waals surface area contributed by atoms with Crippen molar-refractivity contribution in [2.75, 3.05) is 0 Å². The molecule has 2 heterocycles. The molecular weight excluding hydrogens is 306 g/mol. The molecule has 0 bridgehead atoms. The molecule has 0 aliphatic heterocycles. The third-order valence-corrected chi connectivity index (χ3v) is 5.77. The Morgan fingerprint density at radius 2 is 2.00 bits per heavy atom. The second-order valence-electron chi connectivity index (χ2n) is 4.61. The number of aromatic amines is 1. The van der Waals surface area contributed by atoms with Crippen LogP contribution in [0.1, 0.15) is 10.4 Å². The van der Waals surface area contributed by atoms with Crippen molar-refractivity contribution in [1.29, 1.82) is 0 Å². The molecule has 0 aliphatic carbocycles. The fourth-order valence-electron chi connectivity index (χ4n) is 2.10. The van der Waals surface area contributed by atoms with Crippen LogP contribution in [0.5, 0.6) is 0 Å². The van der Waals surface area contributed by atoms with Crippen molar-refractivity contribution < 1.29 is 8.42 Å². The molecule has 0 radical (unpaired) electrons. The zero-order valence-corrected chi connectivity index (χ0v) is 12.9. The summed E-state index contributed by atoms with van der Waals surface area (Å²) in [5.41, 5.74) is 0.737. The second-order valence-corrected chi connectivity index (χ2v) is 7.85. The van der Waals surface area contributed by atoms with Crippen LogP contribution in [-0.4, -0.2) is 23.6 Å². The molecule has 108 valence electrons. The minimum Gasteiger partial charge on any atom is -0.265 e. The van der Waals surface area contributed by atoms with Gasteiger partial charge in [0.05, 0.1) is 15.5 Å². The normalized spacial score (nSPS) is 11.7. The van der Waals surface area contributed by atoms with Gasteiger partial charge >= 0.3 is 0 Å². The second kappa shape index (κ2) is 5.42. The lowest BCUT2D eigenvalue weighted by Crippen LogP contribution is -2.05. The summed E-state index contributed by atoms with van der Waals surface area (Å²) in [7, 11) is -3.37. The summed E-state index contributed by atoms with van der Waals surface area (Å²) in [6.45, 7) is 1.94. The summed E-state index contributed by atoms with van der Waals surface area (Å²) in [4.78, 5) is 6.28. The van der Waals surface area contributed by atoms with E-state index in [2.05, 4.69) is 15.2 Å². The maximum absolute atomic E-state index is 12.5. The van der Waals surface area contributed by atoms with E-state index in [-0.39, 0.29) is 5.75 Å². The van der Waals surface area contributed by atoms with E-state index in [1.807, 2.05) is 13.0 Å². The third kappa shape index (κ3) is 2.88. The minimum absolute atomic E-state index is 0.0504. The monoisotopic (exact) mass is 319 g/mol. The van der Waals surface area contributed by atoms with Crippen LogP contribution in [0.25, 0.3) is 10.7 Å². The van der Waals surface area contributed by atoms with Crippen molar-refractivity contribution in [3.8, 4) is 10.7 Å². The number of rotatable bonds is 4. The topological polar surface area (TPSA) is 75.7 Å². The zero-order valence-electron chi connectivity index (χ0n) is 11.3. The Morgan fingerprint density at radius 1 is 1.24 bits per heavy atom. The first-order valence-corrected chi connectivity index (χ1v) is 8.76. The molecule has 0 amide bonds. The summed E-state index contributed by atoms with van der Waals surface area (Å²) in [6.07, 6.45) is 1.49. The van der Waals surface area contributed by atoms with E-state index < -0.39 is 9.84 Å². The van der Waals surface area contributed by atoms with Crippen LogP contribution in [0.3, 0.4) is 0 Å². The highest BCUT2D eigenvalue weighted by atomic mass is 32.2. The van der Waals surface area contributed by atoms with Crippen molar-refractivity contribution in [2.24, 2.45) is 0 Å². The van der Waals surface area contributed by atoms with Gasteiger partial charge in [-0.3, -0.25) is 5.10 Å². The Labute approximate surface area is 126 Å². The minimum atomic E-state index is -3.37. The first-order valence-electron chi connectivity index (χ1n) is 6.29. The van der Waals surface area contributed by atoms with Crippen molar-refractivity contribution >= 4 is 21.2 Å². The number of thiophene rings is 1. The highest BCUT2D eigenvalue weighted by molar-refractivity contribution is 7.90. The van der Waals surface area contributed by atoms with Gasteiger partial charge in [0.15, 0.2) is 15.7 Å². The van der Waals surface area contributed by atoms with Crippen LogP contribution >= 0.6 is 11.3 Å². The largest absolute Gasteiger partial charge is 0.265 e. The number of hydrogen-bond donors (Lipinski definition) is 1.